The smallest absolute Gasteiger partial charge is 0.393 e. The Morgan fingerprint density at radius 2 is 1.74 bits per heavy atom. The highest BCUT2D eigenvalue weighted by Crippen LogP contribution is 2.36. The topological polar surface area (TPSA) is 61.8 Å². The number of rotatable bonds is 7. The van der Waals surface area contributed by atoms with E-state index in [4.69, 9.17) is 0 Å². The van der Waals surface area contributed by atoms with E-state index in [2.05, 4.69) is 14.2 Å². The van der Waals surface area contributed by atoms with Crippen LogP contribution in [-0.4, -0.2) is 37.1 Å². The molecule has 0 amide bonds. The SMILES string of the molecule is CC(=O)OC(OC=O)(OCCC(C)(F)F)C(F)(F)F. The third-order valence-electron chi connectivity index (χ3n) is 1.66. The van der Waals surface area contributed by atoms with Crippen molar-refractivity contribution in [2.24, 2.45) is 0 Å². The Morgan fingerprint density at radius 1 is 1.21 bits per heavy atom. The zero-order valence-corrected chi connectivity index (χ0v) is 9.92. The molecule has 0 heterocycles. The van der Waals surface area contributed by atoms with Crippen LogP contribution < -0.4 is 0 Å². The van der Waals surface area contributed by atoms with Crippen LogP contribution in [0.2, 0.25) is 0 Å². The lowest BCUT2D eigenvalue weighted by Gasteiger charge is -2.31. The van der Waals surface area contributed by atoms with Crippen LogP contribution in [-0.2, 0) is 23.8 Å². The summed E-state index contributed by atoms with van der Waals surface area (Å²) in [6.07, 6.45) is -6.53. The second-order valence-corrected chi connectivity index (χ2v) is 3.53. The van der Waals surface area contributed by atoms with Gasteiger partial charge >= 0.3 is 18.1 Å². The Hall–Kier alpha value is -1.45. The molecule has 19 heavy (non-hydrogen) atoms. The average molecular weight is 294 g/mol. The first-order valence-corrected chi connectivity index (χ1v) is 4.83. The minimum Gasteiger partial charge on any atom is -0.393 e. The van der Waals surface area contributed by atoms with Crippen molar-refractivity contribution in [2.45, 2.75) is 38.3 Å². The fourth-order valence-corrected chi connectivity index (χ4v) is 0.911. The highest BCUT2D eigenvalue weighted by molar-refractivity contribution is 5.66. The molecule has 10 heteroatoms. The summed E-state index contributed by atoms with van der Waals surface area (Å²) in [5, 5.41) is 0. The van der Waals surface area contributed by atoms with Crippen molar-refractivity contribution in [3.63, 3.8) is 0 Å². The van der Waals surface area contributed by atoms with E-state index in [9.17, 15) is 31.5 Å². The summed E-state index contributed by atoms with van der Waals surface area (Å²) in [5.41, 5.74) is 0. The highest BCUT2D eigenvalue weighted by Gasteiger charge is 2.64. The second-order valence-electron chi connectivity index (χ2n) is 3.53. The fourth-order valence-electron chi connectivity index (χ4n) is 0.911. The summed E-state index contributed by atoms with van der Waals surface area (Å²) < 4.78 is 74.3. The van der Waals surface area contributed by atoms with Gasteiger partial charge in [-0.05, 0) is 6.92 Å². The predicted octanol–water partition coefficient (Wildman–Crippen LogP) is 2.00. The quantitative estimate of drug-likeness (QED) is 0.311. The third kappa shape index (κ3) is 5.81. The van der Waals surface area contributed by atoms with E-state index in [-0.39, 0.29) is 0 Å². The van der Waals surface area contributed by atoms with Gasteiger partial charge in [-0.1, -0.05) is 0 Å². The van der Waals surface area contributed by atoms with Gasteiger partial charge in [-0.25, -0.2) is 8.78 Å². The Balaban J connectivity index is 5.01. The number of carbonyl (C=O) groups excluding carboxylic acids is 2. The van der Waals surface area contributed by atoms with Crippen LogP contribution in [0.4, 0.5) is 22.0 Å². The largest absolute Gasteiger partial charge is 0.500 e. The van der Waals surface area contributed by atoms with Crippen LogP contribution in [0.5, 0.6) is 0 Å². The van der Waals surface area contributed by atoms with Crippen molar-refractivity contribution < 1.29 is 45.8 Å². The normalized spacial score (nSPS) is 15.5. The first kappa shape index (κ1) is 17.6. The summed E-state index contributed by atoms with van der Waals surface area (Å²) >= 11 is 0. The minimum absolute atomic E-state index is 0.456. The maximum absolute atomic E-state index is 12.7. The Bertz CT molecular complexity index is 324. The minimum atomic E-state index is -5.44. The molecule has 0 rings (SSSR count). The molecule has 0 spiro atoms. The molecular weight excluding hydrogens is 283 g/mol. The van der Waals surface area contributed by atoms with Crippen LogP contribution in [0.1, 0.15) is 20.3 Å². The highest BCUT2D eigenvalue weighted by atomic mass is 19.4. The van der Waals surface area contributed by atoms with Gasteiger partial charge in [0.15, 0.2) is 0 Å². The van der Waals surface area contributed by atoms with Gasteiger partial charge in [-0.2, -0.15) is 13.2 Å². The van der Waals surface area contributed by atoms with E-state index in [1.807, 2.05) is 0 Å². The molecule has 112 valence electrons. The van der Waals surface area contributed by atoms with Gasteiger partial charge in [0, 0.05) is 13.3 Å². The van der Waals surface area contributed by atoms with E-state index >= 15 is 0 Å². The van der Waals surface area contributed by atoms with Crippen molar-refractivity contribution in [1.82, 2.24) is 0 Å². The van der Waals surface area contributed by atoms with Gasteiger partial charge in [0.25, 0.3) is 6.47 Å². The lowest BCUT2D eigenvalue weighted by Crippen LogP contribution is -2.53. The summed E-state index contributed by atoms with van der Waals surface area (Å²) in [7, 11) is 0. The number of esters is 1. The lowest BCUT2D eigenvalue weighted by atomic mass is 10.3. The second kappa shape index (κ2) is 6.13. The van der Waals surface area contributed by atoms with Crippen LogP contribution in [0.25, 0.3) is 0 Å². The molecule has 0 N–H and O–H groups in total. The molecule has 0 aliphatic carbocycles. The van der Waals surface area contributed by atoms with Gasteiger partial charge in [-0.15, -0.1) is 0 Å². The molecule has 0 aromatic rings. The Morgan fingerprint density at radius 3 is 2.05 bits per heavy atom. The molecule has 1 atom stereocenters. The molecule has 0 radical (unpaired) electrons. The predicted molar refractivity (Wildman–Crippen MR) is 48.9 cm³/mol. The van der Waals surface area contributed by atoms with Gasteiger partial charge in [-0.3, -0.25) is 14.3 Å². The monoisotopic (exact) mass is 294 g/mol. The molecule has 0 saturated heterocycles. The zero-order valence-electron chi connectivity index (χ0n) is 9.92. The first-order valence-electron chi connectivity index (χ1n) is 4.83. The molecule has 0 aliphatic heterocycles. The van der Waals surface area contributed by atoms with Gasteiger partial charge in [0.05, 0.1) is 6.61 Å². The van der Waals surface area contributed by atoms with E-state index < -0.39 is 43.5 Å². The Kier molecular flexibility index (Phi) is 5.66. The summed E-state index contributed by atoms with van der Waals surface area (Å²) in [4.78, 5) is 20.7. The van der Waals surface area contributed by atoms with Gasteiger partial charge in [0.1, 0.15) is 0 Å². The molecule has 5 nitrogen and oxygen atoms in total. The lowest BCUT2D eigenvalue weighted by molar-refractivity contribution is -0.451. The van der Waals surface area contributed by atoms with E-state index in [0.29, 0.717) is 13.8 Å². The number of ether oxygens (including phenoxy) is 3. The van der Waals surface area contributed by atoms with E-state index in [1.54, 1.807) is 0 Å². The molecular formula is C9H11F5O5. The number of hydrogen-bond acceptors (Lipinski definition) is 5. The number of carbonyl (C=O) groups is 2. The van der Waals surface area contributed by atoms with Gasteiger partial charge in [0.2, 0.25) is 5.92 Å². The van der Waals surface area contributed by atoms with Crippen LogP contribution in [0.3, 0.4) is 0 Å². The Labute approximate surface area is 104 Å². The van der Waals surface area contributed by atoms with Crippen molar-refractivity contribution >= 4 is 12.4 Å². The van der Waals surface area contributed by atoms with Gasteiger partial charge < -0.3 is 9.47 Å². The average Bonchev–Trinajstić information content (AvgIpc) is 2.12. The van der Waals surface area contributed by atoms with E-state index in [0.717, 1.165) is 0 Å². The summed E-state index contributed by atoms with van der Waals surface area (Å²) in [6, 6.07) is 0. The summed E-state index contributed by atoms with van der Waals surface area (Å²) in [6.45, 7) is -0.755. The maximum Gasteiger partial charge on any atom is 0.500 e. The molecule has 0 aromatic carbocycles. The zero-order chi connectivity index (χ0) is 15.3. The molecule has 0 aromatic heterocycles. The molecule has 0 fully saturated rings. The molecule has 1 unspecified atom stereocenters. The van der Waals surface area contributed by atoms with Crippen molar-refractivity contribution in [3.8, 4) is 0 Å². The standard InChI is InChI=1S/C9H11F5O5/c1-6(16)19-9(18-5-15,8(12,13)14)17-4-3-7(2,10)11/h5H,3-4H2,1-2H3. The summed E-state index contributed by atoms with van der Waals surface area (Å²) in [5.74, 6) is -8.79. The number of alkyl halides is 5. The first-order chi connectivity index (χ1) is 8.43. The molecule has 0 saturated carbocycles. The third-order valence-corrected chi connectivity index (χ3v) is 1.66. The van der Waals surface area contributed by atoms with E-state index in [1.165, 1.54) is 0 Å². The van der Waals surface area contributed by atoms with Crippen molar-refractivity contribution in [3.05, 3.63) is 0 Å². The number of hydrogen-bond donors (Lipinski definition) is 0. The van der Waals surface area contributed by atoms with Crippen LogP contribution >= 0.6 is 0 Å². The van der Waals surface area contributed by atoms with Crippen molar-refractivity contribution in [1.29, 1.82) is 0 Å². The number of halogens is 5. The van der Waals surface area contributed by atoms with Crippen LogP contribution in [0.15, 0.2) is 0 Å². The fraction of sp³-hybridized carbons (Fsp3) is 0.778. The molecule has 0 aliphatic rings. The van der Waals surface area contributed by atoms with Crippen molar-refractivity contribution in [2.75, 3.05) is 6.61 Å². The van der Waals surface area contributed by atoms with Crippen LogP contribution in [0, 0.1) is 0 Å². The molecule has 0 bridgehead atoms. The maximum atomic E-state index is 12.7.